The third kappa shape index (κ3) is 31.1. The van der Waals surface area contributed by atoms with Crippen LogP contribution in [0, 0.1) is 81.8 Å². The molecule has 16 rings (SSSR count). The topological polar surface area (TPSA) is 263 Å². The molecule has 20 nitrogen and oxygen atoms in total. The highest BCUT2D eigenvalue weighted by molar-refractivity contribution is 6.06. The van der Waals surface area contributed by atoms with Crippen LogP contribution in [0.3, 0.4) is 0 Å². The maximum atomic E-state index is 13.4. The van der Waals surface area contributed by atoms with Crippen LogP contribution in [0.15, 0.2) is 146 Å². The Morgan fingerprint density at radius 3 is 0.747 bits per heavy atom. The highest BCUT2D eigenvalue weighted by Crippen LogP contribution is 2.65. The summed E-state index contributed by atoms with van der Waals surface area (Å²) < 4.78 is 58.0. The van der Waals surface area contributed by atoms with Gasteiger partial charge in [0.05, 0.1) is 68.8 Å². The summed E-state index contributed by atoms with van der Waals surface area (Å²) in [7, 11) is 0. The van der Waals surface area contributed by atoms with Gasteiger partial charge in [0, 0.05) is 21.7 Å². The molecule has 10 saturated carbocycles. The predicted molar refractivity (Wildman–Crippen MR) is 573 cm³/mol. The van der Waals surface area contributed by atoms with Gasteiger partial charge in [-0.1, -0.05) is 261 Å². The molecule has 6 aromatic rings. The van der Waals surface area contributed by atoms with E-state index in [0.29, 0.717) is 93.2 Å². The Labute approximate surface area is 873 Å². The van der Waals surface area contributed by atoms with E-state index in [1.807, 2.05) is 41.5 Å². The second-order valence-corrected chi connectivity index (χ2v) is 47.9. The van der Waals surface area contributed by atoms with E-state index in [2.05, 4.69) is 121 Å². The van der Waals surface area contributed by atoms with Crippen molar-refractivity contribution in [2.24, 2.45) is 68.0 Å². The number of rotatable bonds is 28. The van der Waals surface area contributed by atoms with Gasteiger partial charge in [0.15, 0.2) is 0 Å². The number of hydrogen-bond donors (Lipinski definition) is 0. The molecule has 0 spiro atoms. The number of benzene rings is 6. The Balaban J connectivity index is 0.000000171. The summed E-state index contributed by atoms with van der Waals surface area (Å²) in [4.78, 5) is 128. The number of hydrogen-bond acceptors (Lipinski definition) is 20. The third-order valence-corrected chi connectivity index (χ3v) is 34.7. The van der Waals surface area contributed by atoms with Gasteiger partial charge in [-0.3, -0.25) is 0 Å². The van der Waals surface area contributed by atoms with Gasteiger partial charge < -0.3 is 47.4 Å². The van der Waals surface area contributed by atoms with E-state index in [1.54, 1.807) is 121 Å². The summed E-state index contributed by atoms with van der Waals surface area (Å²) in [6.45, 7) is 43.9. The molecule has 10 aliphatic rings. The van der Waals surface area contributed by atoms with Crippen LogP contribution >= 0.6 is 0 Å². The molecule has 0 saturated heterocycles. The van der Waals surface area contributed by atoms with Gasteiger partial charge in [-0.15, -0.1) is 0 Å². The van der Waals surface area contributed by atoms with Crippen molar-refractivity contribution in [3.63, 3.8) is 0 Å². The minimum absolute atomic E-state index is 0.0197. The number of fused-ring (bicyclic) bond motifs is 4. The van der Waals surface area contributed by atoms with Crippen molar-refractivity contribution in [2.75, 3.05) is 13.2 Å². The Kier molecular flexibility index (Phi) is 42.2. The van der Waals surface area contributed by atoms with Crippen molar-refractivity contribution in [1.29, 1.82) is 0 Å². The normalized spacial score (nSPS) is 24.4. The standard InChI is InChI=1S/C28H38O4.C26H38O4.C22H30O4.C22H34O4.C20H26O4.C8H10/c1-25(2)17-11-13-27(5,15-17)23(25)31-21(29)19-9-7-8-10-20(19)22(30)32-24-26(3,4)18-12-14-28(24,6)16-18;1-17-11-19(15-25(3,4)13-17)29-23(27)21-9-7-8-10-22(21)24(28)30-20-12-18(2)14-26(5,6)16-20;23-21(25-15-17-9-3-1-4-10-17)19-13-7-8-14-20(19)22(24)26-16-18-11-5-2-6-12-18;1-7-21(8-2,9-3)25-19(23)17-15-13-14-16-18(17)20(24)26-22(10-4,11-5)12-6;21-19(23-15-9-3-1-4-10-15)17-13-7-8-14-18(17)20(22)24-16-11-5-2-6-12-16;1-7-5-3-4-6-8(7)2/h7-10,17-18,23-24H,11-16H2,1-6H3;7-10,17-20H,11-16H2,1-6H3;7-8,13-14,17-18H,1-6,9-12,15-16H2;13-16H,7-12H2,1-6H3;7-8,13-16H,1-6,9-12H2;3-6H,1-2H3. The van der Waals surface area contributed by atoms with Gasteiger partial charge in [-0.05, 0) is 325 Å². The molecule has 4 bridgehead atoms. The summed E-state index contributed by atoms with van der Waals surface area (Å²) in [6, 6.07) is 42.6. The predicted octanol–water partition coefficient (Wildman–Crippen LogP) is 30.9. The summed E-state index contributed by atoms with van der Waals surface area (Å²) in [5, 5.41) is 0. The zero-order chi connectivity index (χ0) is 106. The number of esters is 10. The molecule has 20 heteroatoms. The first kappa shape index (κ1) is 116. The van der Waals surface area contributed by atoms with Crippen molar-refractivity contribution in [3.8, 4) is 0 Å². The molecular formula is C126H176O20. The first-order valence-corrected chi connectivity index (χ1v) is 56.0. The minimum atomic E-state index is -0.492. The average Bonchev–Trinajstić information content (AvgIpc) is 1.57. The van der Waals surface area contributed by atoms with Crippen LogP contribution in [-0.4, -0.2) is 121 Å². The number of carbonyl (C=O) groups excluding carboxylic acids is 10. The molecule has 0 amide bonds. The van der Waals surface area contributed by atoms with Crippen LogP contribution in [0.2, 0.25) is 0 Å². The van der Waals surface area contributed by atoms with Gasteiger partial charge in [0.25, 0.3) is 0 Å². The summed E-state index contributed by atoms with van der Waals surface area (Å²) >= 11 is 0. The first-order chi connectivity index (χ1) is 69.5. The fourth-order valence-corrected chi connectivity index (χ4v) is 25.9. The molecule has 0 radical (unpaired) electrons. The van der Waals surface area contributed by atoms with Gasteiger partial charge in [0.1, 0.15) is 47.8 Å². The molecule has 0 heterocycles. The molecule has 10 aliphatic carbocycles. The monoisotopic (exact) mass is 2010 g/mol. The van der Waals surface area contributed by atoms with Crippen molar-refractivity contribution >= 4 is 59.7 Å². The summed E-state index contributed by atoms with van der Waals surface area (Å²) in [6.07, 6.45) is 38.9. The zero-order valence-electron chi connectivity index (χ0n) is 92.2. The molecule has 10 unspecified atom stereocenters. The SMILES string of the molecule is CC12CCC(C1)C(C)(C)C2OC(=O)c1ccccc1C(=O)OC1C2(C)CCC(C2)C1(C)C.CC1CC(OC(=O)c2ccccc2C(=O)OC2CC(C)CC(C)(C)C2)CC(C)(C)C1.CCC(CC)(CC)OC(=O)c1ccccc1C(=O)OC(CC)(CC)CC.Cc1ccccc1C.O=C(OC1CCCCC1)c1ccccc1C(=O)OC1CCCCC1.O=C(OCC1CCCCC1)c1ccccc1C(=O)OCC1CCCCC1. The highest BCUT2D eigenvalue weighted by atomic mass is 16.6. The lowest BCUT2D eigenvalue weighted by Gasteiger charge is -2.42. The van der Waals surface area contributed by atoms with Crippen LogP contribution in [-0.2, 0) is 47.4 Å². The van der Waals surface area contributed by atoms with Crippen LogP contribution in [0.4, 0.5) is 0 Å². The minimum Gasteiger partial charge on any atom is -0.462 e. The Bertz CT molecular complexity index is 4960. The quantitative estimate of drug-likeness (QED) is 0.0326. The van der Waals surface area contributed by atoms with Crippen LogP contribution in [0.5, 0.6) is 0 Å². The van der Waals surface area contributed by atoms with Crippen molar-refractivity contribution in [1.82, 2.24) is 0 Å². The lowest BCUT2D eigenvalue weighted by atomic mass is 9.70. The van der Waals surface area contributed by atoms with E-state index in [0.717, 1.165) is 180 Å². The molecule has 10 fully saturated rings. The van der Waals surface area contributed by atoms with E-state index in [1.165, 1.54) is 75.3 Å². The fourth-order valence-electron chi connectivity index (χ4n) is 25.9. The molecule has 0 aromatic heterocycles. The maximum Gasteiger partial charge on any atom is 0.339 e. The van der Waals surface area contributed by atoms with Gasteiger partial charge in [-0.2, -0.15) is 0 Å². The lowest BCUT2D eigenvalue weighted by molar-refractivity contribution is -0.0609. The Hall–Kier alpha value is -9.98. The highest BCUT2D eigenvalue weighted by Gasteiger charge is 2.63. The summed E-state index contributed by atoms with van der Waals surface area (Å²) in [5.74, 6) is -1.08. The van der Waals surface area contributed by atoms with Gasteiger partial charge in [-0.25, -0.2) is 47.9 Å². The molecule has 0 aliphatic heterocycles. The van der Waals surface area contributed by atoms with Crippen LogP contribution < -0.4 is 0 Å². The van der Waals surface area contributed by atoms with Crippen LogP contribution in [0.1, 0.15) is 483 Å². The first-order valence-electron chi connectivity index (χ1n) is 56.0. The van der Waals surface area contributed by atoms with E-state index < -0.39 is 70.9 Å². The number of ether oxygens (including phenoxy) is 10. The number of carbonyl (C=O) groups is 10. The second-order valence-electron chi connectivity index (χ2n) is 47.9. The lowest BCUT2D eigenvalue weighted by Crippen LogP contribution is -2.44. The summed E-state index contributed by atoms with van der Waals surface area (Å²) in [5.41, 5.74) is 5.13. The molecule has 800 valence electrons. The Morgan fingerprint density at radius 2 is 0.507 bits per heavy atom. The van der Waals surface area contributed by atoms with Gasteiger partial charge in [0.2, 0.25) is 0 Å². The second kappa shape index (κ2) is 52.9. The smallest absolute Gasteiger partial charge is 0.339 e. The largest absolute Gasteiger partial charge is 0.462 e. The van der Waals surface area contributed by atoms with Gasteiger partial charge >= 0.3 is 59.7 Å². The van der Waals surface area contributed by atoms with Crippen molar-refractivity contribution in [3.05, 3.63) is 212 Å². The Morgan fingerprint density at radius 1 is 0.274 bits per heavy atom. The molecule has 146 heavy (non-hydrogen) atoms. The molecule has 0 N–H and O–H groups in total. The van der Waals surface area contributed by atoms with Crippen LogP contribution in [0.25, 0.3) is 0 Å². The molecular weight excluding hydrogens is 1830 g/mol. The average molecular weight is 2010 g/mol. The molecule has 6 aromatic carbocycles. The van der Waals surface area contributed by atoms with E-state index in [9.17, 15) is 47.9 Å². The number of aryl methyl sites for hydroxylation is 2. The zero-order valence-corrected chi connectivity index (χ0v) is 92.2. The van der Waals surface area contributed by atoms with Crippen molar-refractivity contribution < 1.29 is 95.3 Å². The third-order valence-electron chi connectivity index (χ3n) is 34.7. The van der Waals surface area contributed by atoms with E-state index in [4.69, 9.17) is 47.4 Å². The maximum absolute atomic E-state index is 13.4. The molecule has 10 atom stereocenters. The van der Waals surface area contributed by atoms with E-state index >= 15 is 0 Å². The van der Waals surface area contributed by atoms with Crippen molar-refractivity contribution in [2.45, 2.75) is 430 Å². The fraction of sp³-hybridized carbons (Fsp3) is 0.635. The van der Waals surface area contributed by atoms with E-state index in [-0.39, 0.29) is 80.2 Å².